The maximum atomic E-state index is 13.0. The lowest BCUT2D eigenvalue weighted by atomic mass is 9.97. The van der Waals surface area contributed by atoms with Gasteiger partial charge in [-0.25, -0.2) is 8.42 Å². The molecule has 1 aliphatic heterocycles. The molecule has 0 aliphatic carbocycles. The van der Waals surface area contributed by atoms with Crippen molar-refractivity contribution in [2.45, 2.75) is 37.8 Å². The fraction of sp³-hybridized carbons (Fsp3) is 0.409. The van der Waals surface area contributed by atoms with Crippen LogP contribution in [0.15, 0.2) is 47.4 Å². The third-order valence-corrected chi connectivity index (χ3v) is 7.26. The number of alkyl halides is 3. The predicted octanol–water partition coefficient (Wildman–Crippen LogP) is 4.45. The highest BCUT2D eigenvalue weighted by atomic mass is 32.2. The van der Waals surface area contributed by atoms with Crippen LogP contribution in [0.25, 0.3) is 0 Å². The standard InChI is InChI=1S/C22H25F3N2O4S/c1-3-31-20-8-7-19(13-15(20)2)32(29,30)27-11-9-16(10-12-27)21(28)26-18-6-4-5-17(14-18)22(23,24)25/h4-8,13-14,16H,3,9-12H2,1-2H3,(H,26,28). The highest BCUT2D eigenvalue weighted by molar-refractivity contribution is 7.89. The molecule has 0 bridgehead atoms. The molecule has 32 heavy (non-hydrogen) atoms. The summed E-state index contributed by atoms with van der Waals surface area (Å²) in [6, 6.07) is 9.12. The summed E-state index contributed by atoms with van der Waals surface area (Å²) in [6.07, 6.45) is -3.94. The Labute approximate surface area is 185 Å². The molecule has 2 aromatic rings. The van der Waals surface area contributed by atoms with Gasteiger partial charge in [0.15, 0.2) is 0 Å². The number of benzene rings is 2. The van der Waals surface area contributed by atoms with Crippen LogP contribution in [-0.4, -0.2) is 38.3 Å². The van der Waals surface area contributed by atoms with Crippen LogP contribution in [-0.2, 0) is 21.0 Å². The Kier molecular flexibility index (Phi) is 7.14. The highest BCUT2D eigenvalue weighted by Gasteiger charge is 2.33. The van der Waals surface area contributed by atoms with E-state index < -0.39 is 33.6 Å². The average Bonchev–Trinajstić information content (AvgIpc) is 2.75. The molecule has 1 aliphatic rings. The third-order valence-electron chi connectivity index (χ3n) is 5.37. The van der Waals surface area contributed by atoms with Crippen LogP contribution in [0.2, 0.25) is 0 Å². The van der Waals surface area contributed by atoms with Gasteiger partial charge in [0.1, 0.15) is 5.75 Å². The van der Waals surface area contributed by atoms with Crippen molar-refractivity contribution in [1.29, 1.82) is 0 Å². The molecule has 0 spiro atoms. The van der Waals surface area contributed by atoms with Crippen molar-refractivity contribution in [3.8, 4) is 5.75 Å². The van der Waals surface area contributed by atoms with Crippen LogP contribution in [0.4, 0.5) is 18.9 Å². The van der Waals surface area contributed by atoms with E-state index in [1.807, 2.05) is 6.92 Å². The molecule has 1 N–H and O–H groups in total. The van der Waals surface area contributed by atoms with Crippen LogP contribution in [0.1, 0.15) is 30.9 Å². The minimum Gasteiger partial charge on any atom is -0.494 e. The summed E-state index contributed by atoms with van der Waals surface area (Å²) in [7, 11) is -3.73. The van der Waals surface area contributed by atoms with Gasteiger partial charge in [-0.2, -0.15) is 17.5 Å². The molecule has 0 radical (unpaired) electrons. The van der Waals surface area contributed by atoms with Crippen molar-refractivity contribution in [2.75, 3.05) is 25.0 Å². The Bertz CT molecular complexity index is 1080. The number of amides is 1. The number of hydrogen-bond donors (Lipinski definition) is 1. The summed E-state index contributed by atoms with van der Waals surface area (Å²) in [5.41, 5.74) is -0.0742. The third kappa shape index (κ3) is 5.42. The number of halogens is 3. The molecule has 3 rings (SSSR count). The lowest BCUT2D eigenvalue weighted by Gasteiger charge is -2.30. The molecule has 0 aromatic heterocycles. The number of sulfonamides is 1. The van der Waals surface area contributed by atoms with Crippen LogP contribution < -0.4 is 10.1 Å². The van der Waals surface area contributed by atoms with E-state index in [0.717, 1.165) is 12.1 Å². The molecular formula is C22H25F3N2O4S. The SMILES string of the molecule is CCOc1ccc(S(=O)(=O)N2CCC(C(=O)Nc3cccc(C(F)(F)F)c3)CC2)cc1C. The second-order valence-corrected chi connectivity index (χ2v) is 9.54. The number of ether oxygens (including phenoxy) is 1. The number of nitrogens with one attached hydrogen (secondary N) is 1. The van der Waals surface area contributed by atoms with E-state index in [4.69, 9.17) is 4.74 Å². The molecule has 1 saturated heterocycles. The van der Waals surface area contributed by atoms with E-state index in [0.29, 0.717) is 17.9 Å². The van der Waals surface area contributed by atoms with Crippen molar-refractivity contribution < 1.29 is 31.1 Å². The van der Waals surface area contributed by atoms with Gasteiger partial charge in [0, 0.05) is 24.7 Å². The first kappa shape index (κ1) is 24.1. The fourth-order valence-electron chi connectivity index (χ4n) is 3.62. The summed E-state index contributed by atoms with van der Waals surface area (Å²) in [4.78, 5) is 12.7. The first-order valence-electron chi connectivity index (χ1n) is 10.2. The minimum atomic E-state index is -4.50. The molecule has 10 heteroatoms. The number of piperidine rings is 1. The van der Waals surface area contributed by atoms with Gasteiger partial charge in [-0.05, 0) is 68.7 Å². The summed E-state index contributed by atoms with van der Waals surface area (Å²) >= 11 is 0. The van der Waals surface area contributed by atoms with Gasteiger partial charge in [0.05, 0.1) is 17.1 Å². The Morgan fingerprint density at radius 2 is 1.84 bits per heavy atom. The molecule has 0 atom stereocenters. The Morgan fingerprint density at radius 3 is 2.44 bits per heavy atom. The number of carbonyl (C=O) groups excluding carboxylic acids is 1. The normalized spacial score (nSPS) is 16.0. The summed E-state index contributed by atoms with van der Waals surface area (Å²) < 4.78 is 71.3. The molecule has 2 aromatic carbocycles. The Hall–Kier alpha value is -2.59. The van der Waals surface area contributed by atoms with Crippen LogP contribution in [0, 0.1) is 12.8 Å². The number of nitrogens with zero attached hydrogens (tertiary/aromatic N) is 1. The molecule has 1 heterocycles. The van der Waals surface area contributed by atoms with Crippen molar-refractivity contribution in [3.63, 3.8) is 0 Å². The second-order valence-electron chi connectivity index (χ2n) is 7.61. The first-order chi connectivity index (χ1) is 15.0. The Morgan fingerprint density at radius 1 is 1.16 bits per heavy atom. The number of anilines is 1. The molecule has 174 valence electrons. The zero-order valence-corrected chi connectivity index (χ0v) is 18.6. The van der Waals surface area contributed by atoms with Crippen molar-refractivity contribution >= 4 is 21.6 Å². The van der Waals surface area contributed by atoms with Crippen molar-refractivity contribution in [1.82, 2.24) is 4.31 Å². The maximum absolute atomic E-state index is 13.0. The second kappa shape index (κ2) is 9.50. The molecule has 0 unspecified atom stereocenters. The van der Waals surface area contributed by atoms with Crippen LogP contribution >= 0.6 is 0 Å². The topological polar surface area (TPSA) is 75.7 Å². The largest absolute Gasteiger partial charge is 0.494 e. The van der Waals surface area contributed by atoms with E-state index in [1.165, 1.54) is 22.5 Å². The predicted molar refractivity (Wildman–Crippen MR) is 114 cm³/mol. The average molecular weight is 471 g/mol. The maximum Gasteiger partial charge on any atom is 0.416 e. The zero-order valence-electron chi connectivity index (χ0n) is 17.8. The molecular weight excluding hydrogens is 445 g/mol. The Balaban J connectivity index is 1.63. The van der Waals surface area contributed by atoms with E-state index >= 15 is 0 Å². The molecule has 6 nitrogen and oxygen atoms in total. The number of hydrogen-bond acceptors (Lipinski definition) is 4. The van der Waals surface area contributed by atoms with Gasteiger partial charge in [-0.1, -0.05) is 6.07 Å². The first-order valence-corrected chi connectivity index (χ1v) is 11.7. The summed E-state index contributed by atoms with van der Waals surface area (Å²) in [5.74, 6) is -0.284. The van der Waals surface area contributed by atoms with Gasteiger partial charge in [0.2, 0.25) is 15.9 Å². The molecule has 0 saturated carbocycles. The minimum absolute atomic E-state index is 0.0599. The highest BCUT2D eigenvalue weighted by Crippen LogP contribution is 2.31. The number of carbonyl (C=O) groups is 1. The van der Waals surface area contributed by atoms with Crippen LogP contribution in [0.3, 0.4) is 0 Å². The smallest absolute Gasteiger partial charge is 0.416 e. The van der Waals surface area contributed by atoms with Gasteiger partial charge in [0.25, 0.3) is 0 Å². The van der Waals surface area contributed by atoms with Gasteiger partial charge in [-0.3, -0.25) is 4.79 Å². The van der Waals surface area contributed by atoms with Gasteiger partial charge in [-0.15, -0.1) is 0 Å². The number of rotatable bonds is 6. The van der Waals surface area contributed by atoms with Crippen LogP contribution in [0.5, 0.6) is 5.75 Å². The van der Waals surface area contributed by atoms with E-state index in [-0.39, 0.29) is 36.5 Å². The molecule has 1 amide bonds. The monoisotopic (exact) mass is 470 g/mol. The van der Waals surface area contributed by atoms with E-state index in [1.54, 1.807) is 19.1 Å². The van der Waals surface area contributed by atoms with Gasteiger partial charge >= 0.3 is 6.18 Å². The van der Waals surface area contributed by atoms with E-state index in [9.17, 15) is 26.4 Å². The lowest BCUT2D eigenvalue weighted by molar-refractivity contribution is -0.137. The summed E-state index contributed by atoms with van der Waals surface area (Å²) in [6.45, 7) is 4.39. The zero-order chi connectivity index (χ0) is 23.5. The molecule has 1 fully saturated rings. The fourth-order valence-corrected chi connectivity index (χ4v) is 5.18. The van der Waals surface area contributed by atoms with Crippen molar-refractivity contribution in [3.05, 3.63) is 53.6 Å². The lowest BCUT2D eigenvalue weighted by Crippen LogP contribution is -2.41. The number of aryl methyl sites for hydroxylation is 1. The van der Waals surface area contributed by atoms with E-state index in [2.05, 4.69) is 5.32 Å². The van der Waals surface area contributed by atoms with Crippen molar-refractivity contribution in [2.24, 2.45) is 5.92 Å². The quantitative estimate of drug-likeness (QED) is 0.677. The van der Waals surface area contributed by atoms with Gasteiger partial charge < -0.3 is 10.1 Å². The summed E-state index contributed by atoms with van der Waals surface area (Å²) in [5, 5.41) is 2.51.